The van der Waals surface area contributed by atoms with Gasteiger partial charge in [0.25, 0.3) is 0 Å². The molecule has 0 unspecified atom stereocenters. The zero-order valence-corrected chi connectivity index (χ0v) is 17.4. The highest BCUT2D eigenvalue weighted by molar-refractivity contribution is 6.40. The van der Waals surface area contributed by atoms with E-state index < -0.39 is 11.8 Å². The Kier molecular flexibility index (Phi) is 7.48. The topological polar surface area (TPSA) is 73.9 Å². The van der Waals surface area contributed by atoms with Gasteiger partial charge in [-0.25, -0.2) is 4.39 Å². The quantitative estimate of drug-likeness (QED) is 0.683. The Bertz CT molecular complexity index is 886. The average molecular weight is 435 g/mol. The number of nitrogens with one attached hydrogen (secondary N) is 2. The van der Waals surface area contributed by atoms with E-state index in [0.717, 1.165) is 31.9 Å². The van der Waals surface area contributed by atoms with Gasteiger partial charge < -0.3 is 20.3 Å². The number of nitrogens with zero attached hydrogens (tertiary/aromatic N) is 2. The van der Waals surface area contributed by atoms with Gasteiger partial charge in [-0.05, 0) is 42.5 Å². The molecule has 0 bridgehead atoms. The van der Waals surface area contributed by atoms with Crippen molar-refractivity contribution >= 4 is 34.8 Å². The number of carbonyl (C=O) groups is 2. The van der Waals surface area contributed by atoms with Crippen LogP contribution in [0.1, 0.15) is 0 Å². The van der Waals surface area contributed by atoms with Crippen LogP contribution in [0, 0.1) is 5.82 Å². The van der Waals surface area contributed by atoms with Gasteiger partial charge in [0.15, 0.2) is 0 Å². The molecule has 0 spiro atoms. The van der Waals surface area contributed by atoms with Gasteiger partial charge in [0, 0.05) is 50.0 Å². The van der Waals surface area contributed by atoms with Crippen LogP contribution in [0.4, 0.5) is 15.8 Å². The van der Waals surface area contributed by atoms with Crippen molar-refractivity contribution in [3.63, 3.8) is 0 Å². The van der Waals surface area contributed by atoms with Crippen LogP contribution in [0.15, 0.2) is 42.5 Å². The Hall–Kier alpha value is -2.84. The maximum atomic E-state index is 13.1. The van der Waals surface area contributed by atoms with Gasteiger partial charge in [-0.15, -0.1) is 0 Å². The van der Waals surface area contributed by atoms with E-state index in [2.05, 4.69) is 20.4 Å². The van der Waals surface area contributed by atoms with Crippen molar-refractivity contribution in [2.24, 2.45) is 0 Å². The van der Waals surface area contributed by atoms with Gasteiger partial charge in [0.05, 0.1) is 12.8 Å². The SMILES string of the molecule is COc1ccc(Cl)cc1NC(=O)C(=O)NCCN1CCN(c2ccc(F)cc2)CC1. The third kappa shape index (κ3) is 5.84. The number of hydrogen-bond donors (Lipinski definition) is 2. The number of methoxy groups -OCH3 is 1. The van der Waals surface area contributed by atoms with Crippen LogP contribution in [0.25, 0.3) is 0 Å². The second-order valence-electron chi connectivity index (χ2n) is 6.86. The van der Waals surface area contributed by atoms with Crippen LogP contribution in [-0.4, -0.2) is 63.1 Å². The van der Waals surface area contributed by atoms with E-state index in [4.69, 9.17) is 16.3 Å². The van der Waals surface area contributed by atoms with Gasteiger partial charge in [0.1, 0.15) is 11.6 Å². The van der Waals surface area contributed by atoms with Crippen LogP contribution in [0.3, 0.4) is 0 Å². The van der Waals surface area contributed by atoms with E-state index >= 15 is 0 Å². The Morgan fingerprint density at radius 1 is 1.07 bits per heavy atom. The van der Waals surface area contributed by atoms with Gasteiger partial charge in [-0.3, -0.25) is 14.5 Å². The number of ether oxygens (including phenoxy) is 1. The second kappa shape index (κ2) is 10.3. The number of halogens is 2. The largest absolute Gasteiger partial charge is 0.495 e. The molecule has 0 saturated carbocycles. The molecule has 160 valence electrons. The molecule has 2 aromatic carbocycles. The molecule has 9 heteroatoms. The summed E-state index contributed by atoms with van der Waals surface area (Å²) >= 11 is 5.93. The monoisotopic (exact) mass is 434 g/mol. The molecule has 2 N–H and O–H groups in total. The lowest BCUT2D eigenvalue weighted by Crippen LogP contribution is -2.49. The molecule has 1 aliphatic rings. The molecule has 1 aliphatic heterocycles. The van der Waals surface area contributed by atoms with E-state index in [9.17, 15) is 14.0 Å². The Morgan fingerprint density at radius 3 is 2.43 bits per heavy atom. The summed E-state index contributed by atoms with van der Waals surface area (Å²) in [5.41, 5.74) is 1.33. The normalized spacial score (nSPS) is 14.3. The lowest BCUT2D eigenvalue weighted by molar-refractivity contribution is -0.136. The summed E-state index contributed by atoms with van der Waals surface area (Å²) in [6.45, 7) is 4.26. The first-order valence-electron chi connectivity index (χ1n) is 9.62. The van der Waals surface area contributed by atoms with Crippen LogP contribution in [-0.2, 0) is 9.59 Å². The summed E-state index contributed by atoms with van der Waals surface area (Å²) in [7, 11) is 1.47. The van der Waals surface area contributed by atoms with Crippen LogP contribution >= 0.6 is 11.6 Å². The molecule has 0 aliphatic carbocycles. The van der Waals surface area contributed by atoms with Gasteiger partial charge >= 0.3 is 11.8 Å². The van der Waals surface area contributed by atoms with Gasteiger partial charge in [-0.1, -0.05) is 11.6 Å². The fourth-order valence-corrected chi connectivity index (χ4v) is 3.42. The molecular weight excluding hydrogens is 411 g/mol. The van der Waals surface area contributed by atoms with Crippen molar-refractivity contribution in [1.82, 2.24) is 10.2 Å². The predicted molar refractivity (Wildman–Crippen MR) is 115 cm³/mol. The highest BCUT2D eigenvalue weighted by atomic mass is 35.5. The third-order valence-corrected chi connectivity index (χ3v) is 5.13. The van der Waals surface area contributed by atoms with Crippen LogP contribution in [0.2, 0.25) is 5.02 Å². The highest BCUT2D eigenvalue weighted by Gasteiger charge is 2.19. The molecule has 1 saturated heterocycles. The molecule has 2 aromatic rings. The molecule has 0 atom stereocenters. The van der Waals surface area contributed by atoms with Crippen molar-refractivity contribution < 1.29 is 18.7 Å². The van der Waals surface area contributed by atoms with Crippen LogP contribution in [0.5, 0.6) is 5.75 Å². The fraction of sp³-hybridized carbons (Fsp3) is 0.333. The zero-order valence-electron chi connectivity index (χ0n) is 16.7. The molecule has 0 aromatic heterocycles. The molecule has 1 fully saturated rings. The smallest absolute Gasteiger partial charge is 0.313 e. The number of amides is 2. The fourth-order valence-electron chi connectivity index (χ4n) is 3.25. The summed E-state index contributed by atoms with van der Waals surface area (Å²) < 4.78 is 18.2. The minimum absolute atomic E-state index is 0.244. The van der Waals surface area contributed by atoms with Gasteiger partial charge in [-0.2, -0.15) is 0 Å². The van der Waals surface area contributed by atoms with E-state index in [1.807, 2.05) is 0 Å². The Balaban J connectivity index is 1.40. The van der Waals surface area contributed by atoms with E-state index in [1.165, 1.54) is 25.3 Å². The zero-order chi connectivity index (χ0) is 21.5. The van der Waals surface area contributed by atoms with E-state index in [-0.39, 0.29) is 5.82 Å². The molecule has 3 rings (SSSR count). The number of carbonyl (C=O) groups excluding carboxylic acids is 2. The first kappa shape index (κ1) is 21.9. The molecule has 2 amide bonds. The third-order valence-electron chi connectivity index (χ3n) is 4.89. The lowest BCUT2D eigenvalue weighted by Gasteiger charge is -2.36. The van der Waals surface area contributed by atoms with Crippen molar-refractivity contribution in [1.29, 1.82) is 0 Å². The van der Waals surface area contributed by atoms with Crippen LogP contribution < -0.4 is 20.3 Å². The van der Waals surface area contributed by atoms with Crippen molar-refractivity contribution in [3.05, 3.63) is 53.3 Å². The summed E-state index contributed by atoms with van der Waals surface area (Å²) in [5, 5.41) is 5.56. The predicted octanol–water partition coefficient (Wildman–Crippen LogP) is 2.36. The standard InChI is InChI=1S/C21H24ClFN4O3/c1-30-19-7-2-15(22)14-18(19)25-21(29)20(28)24-8-9-26-10-12-27(13-11-26)17-5-3-16(23)4-6-17/h2-7,14H,8-13H2,1H3,(H,24,28)(H,25,29). The first-order valence-corrected chi connectivity index (χ1v) is 9.99. The number of anilines is 2. The van der Waals surface area contributed by atoms with Gasteiger partial charge in [0.2, 0.25) is 0 Å². The minimum Gasteiger partial charge on any atom is -0.495 e. The van der Waals surface area contributed by atoms with Crippen molar-refractivity contribution in [3.8, 4) is 5.75 Å². The first-order chi connectivity index (χ1) is 14.5. The number of benzene rings is 2. The second-order valence-corrected chi connectivity index (χ2v) is 7.30. The van der Waals surface area contributed by atoms with E-state index in [1.54, 1.807) is 24.3 Å². The molecule has 7 nitrogen and oxygen atoms in total. The number of rotatable bonds is 6. The van der Waals surface area contributed by atoms with Crippen molar-refractivity contribution in [2.75, 3.05) is 56.6 Å². The average Bonchev–Trinajstić information content (AvgIpc) is 2.75. The Morgan fingerprint density at radius 2 is 1.77 bits per heavy atom. The summed E-state index contributed by atoms with van der Waals surface area (Å²) in [6, 6.07) is 11.2. The molecule has 0 radical (unpaired) electrons. The molecule has 1 heterocycles. The minimum atomic E-state index is -0.781. The molecular formula is C21H24ClFN4O3. The maximum Gasteiger partial charge on any atom is 0.313 e. The number of piperazine rings is 1. The Labute approximate surface area is 179 Å². The molecule has 30 heavy (non-hydrogen) atoms. The summed E-state index contributed by atoms with van der Waals surface area (Å²) in [4.78, 5) is 28.6. The van der Waals surface area contributed by atoms with Crippen molar-refractivity contribution in [2.45, 2.75) is 0 Å². The lowest BCUT2D eigenvalue weighted by atomic mass is 10.2. The van der Waals surface area contributed by atoms with E-state index in [0.29, 0.717) is 29.5 Å². The summed E-state index contributed by atoms with van der Waals surface area (Å²) in [5.74, 6) is -1.33. The maximum absolute atomic E-state index is 13.1. The number of hydrogen-bond acceptors (Lipinski definition) is 5. The highest BCUT2D eigenvalue weighted by Crippen LogP contribution is 2.27. The summed E-state index contributed by atoms with van der Waals surface area (Å²) in [6.07, 6.45) is 0.